The molecule has 0 aliphatic carbocycles. The van der Waals surface area contributed by atoms with Gasteiger partial charge >= 0.3 is 6.18 Å². The predicted molar refractivity (Wildman–Crippen MR) is 102 cm³/mol. The van der Waals surface area contributed by atoms with E-state index in [0.29, 0.717) is 11.8 Å². The van der Waals surface area contributed by atoms with Crippen molar-refractivity contribution in [3.8, 4) is 0 Å². The lowest BCUT2D eigenvalue weighted by molar-refractivity contribution is -0.138. The van der Waals surface area contributed by atoms with Crippen LogP contribution in [0.1, 0.15) is 28.2 Å². The summed E-state index contributed by atoms with van der Waals surface area (Å²) in [7, 11) is 2.12. The van der Waals surface area contributed by atoms with Crippen LogP contribution < -0.4 is 15.5 Å². The van der Waals surface area contributed by atoms with Crippen molar-refractivity contribution in [2.45, 2.75) is 25.6 Å². The maximum absolute atomic E-state index is 13.2. The SMILES string of the molecule is Cc1cc(NCc2ccccc2C(F)(F)F)cc2c1N(C)C[C@H]1CNC[C@@H]21. The molecule has 27 heavy (non-hydrogen) atoms. The number of alkyl halides is 3. The fraction of sp³-hybridized carbons (Fsp3) is 0.429. The quantitative estimate of drug-likeness (QED) is 0.834. The van der Waals surface area contributed by atoms with E-state index in [1.165, 1.54) is 23.4 Å². The zero-order valence-corrected chi connectivity index (χ0v) is 15.5. The Morgan fingerprint density at radius 2 is 1.96 bits per heavy atom. The highest BCUT2D eigenvalue weighted by molar-refractivity contribution is 5.68. The van der Waals surface area contributed by atoms with Gasteiger partial charge in [-0.25, -0.2) is 0 Å². The molecule has 2 atom stereocenters. The molecule has 1 saturated heterocycles. The minimum atomic E-state index is -4.34. The maximum atomic E-state index is 13.2. The van der Waals surface area contributed by atoms with Gasteiger partial charge in [0.05, 0.1) is 5.56 Å². The summed E-state index contributed by atoms with van der Waals surface area (Å²) in [4.78, 5) is 2.31. The van der Waals surface area contributed by atoms with Gasteiger partial charge in [-0.1, -0.05) is 18.2 Å². The van der Waals surface area contributed by atoms with Gasteiger partial charge in [0.2, 0.25) is 0 Å². The van der Waals surface area contributed by atoms with Crippen LogP contribution in [0.25, 0.3) is 0 Å². The van der Waals surface area contributed by atoms with E-state index < -0.39 is 11.7 Å². The molecule has 0 spiro atoms. The Bertz CT molecular complexity index is 847. The van der Waals surface area contributed by atoms with Crippen molar-refractivity contribution in [3.05, 3.63) is 58.7 Å². The molecule has 4 rings (SSSR count). The number of aryl methyl sites for hydroxylation is 1. The summed E-state index contributed by atoms with van der Waals surface area (Å²) < 4.78 is 39.6. The first kappa shape index (κ1) is 18.2. The van der Waals surface area contributed by atoms with Crippen LogP contribution in [0.15, 0.2) is 36.4 Å². The van der Waals surface area contributed by atoms with E-state index >= 15 is 0 Å². The highest BCUT2D eigenvalue weighted by Crippen LogP contribution is 2.43. The number of nitrogens with one attached hydrogen (secondary N) is 2. The van der Waals surface area contributed by atoms with Gasteiger partial charge in [-0.15, -0.1) is 0 Å². The minimum absolute atomic E-state index is 0.149. The van der Waals surface area contributed by atoms with Crippen molar-refractivity contribution in [2.24, 2.45) is 5.92 Å². The molecule has 2 aromatic carbocycles. The van der Waals surface area contributed by atoms with Crippen LogP contribution in [0.4, 0.5) is 24.5 Å². The zero-order chi connectivity index (χ0) is 19.2. The molecule has 2 aromatic rings. The van der Waals surface area contributed by atoms with Gasteiger partial charge in [-0.3, -0.25) is 0 Å². The monoisotopic (exact) mass is 375 g/mol. The van der Waals surface area contributed by atoms with Crippen LogP contribution in [0, 0.1) is 12.8 Å². The number of nitrogens with zero attached hydrogens (tertiary/aromatic N) is 1. The molecule has 6 heteroatoms. The molecule has 2 aliphatic heterocycles. The summed E-state index contributed by atoms with van der Waals surface area (Å²) in [5.74, 6) is 1.06. The fourth-order valence-corrected chi connectivity index (χ4v) is 4.59. The van der Waals surface area contributed by atoms with E-state index in [0.717, 1.165) is 37.0 Å². The average molecular weight is 375 g/mol. The Balaban J connectivity index is 1.62. The van der Waals surface area contributed by atoms with Gasteiger partial charge in [0.15, 0.2) is 0 Å². The molecule has 0 unspecified atom stereocenters. The number of hydrogen-bond donors (Lipinski definition) is 2. The lowest BCUT2D eigenvalue weighted by atomic mass is 9.82. The molecule has 144 valence electrons. The summed E-state index contributed by atoms with van der Waals surface area (Å²) in [6.07, 6.45) is -4.34. The Kier molecular flexibility index (Phi) is 4.54. The van der Waals surface area contributed by atoms with Crippen LogP contribution in [0.2, 0.25) is 0 Å². The molecule has 0 radical (unpaired) electrons. The first-order valence-corrected chi connectivity index (χ1v) is 9.30. The third-order valence-electron chi connectivity index (χ3n) is 5.77. The first-order chi connectivity index (χ1) is 12.8. The van der Waals surface area contributed by atoms with Crippen molar-refractivity contribution < 1.29 is 13.2 Å². The summed E-state index contributed by atoms with van der Waals surface area (Å²) in [5, 5.41) is 6.69. The van der Waals surface area contributed by atoms with E-state index in [9.17, 15) is 13.2 Å². The molecule has 2 heterocycles. The van der Waals surface area contributed by atoms with Gasteiger partial charge in [0.25, 0.3) is 0 Å². The Hall–Kier alpha value is -2.21. The largest absolute Gasteiger partial charge is 0.416 e. The number of anilines is 2. The third-order valence-corrected chi connectivity index (χ3v) is 5.77. The van der Waals surface area contributed by atoms with Gasteiger partial charge in [0.1, 0.15) is 0 Å². The zero-order valence-electron chi connectivity index (χ0n) is 15.5. The van der Waals surface area contributed by atoms with Crippen molar-refractivity contribution in [2.75, 3.05) is 36.9 Å². The normalized spacial score (nSPS) is 21.7. The average Bonchev–Trinajstić information content (AvgIpc) is 3.07. The molecule has 0 bridgehead atoms. The Labute approximate surface area is 157 Å². The minimum Gasteiger partial charge on any atom is -0.381 e. The second-order valence-corrected chi connectivity index (χ2v) is 7.64. The van der Waals surface area contributed by atoms with Gasteiger partial charge < -0.3 is 15.5 Å². The highest BCUT2D eigenvalue weighted by Gasteiger charge is 2.36. The number of benzene rings is 2. The van der Waals surface area contributed by atoms with E-state index in [1.807, 2.05) is 6.07 Å². The second-order valence-electron chi connectivity index (χ2n) is 7.64. The fourth-order valence-electron chi connectivity index (χ4n) is 4.59. The van der Waals surface area contributed by atoms with Crippen LogP contribution in [0.3, 0.4) is 0 Å². The lowest BCUT2D eigenvalue weighted by Gasteiger charge is -2.37. The molecule has 0 aromatic heterocycles. The van der Waals surface area contributed by atoms with Crippen LogP contribution >= 0.6 is 0 Å². The van der Waals surface area contributed by atoms with Gasteiger partial charge in [-0.05, 0) is 47.7 Å². The Morgan fingerprint density at radius 3 is 2.74 bits per heavy atom. The van der Waals surface area contributed by atoms with Crippen molar-refractivity contribution in [3.63, 3.8) is 0 Å². The van der Waals surface area contributed by atoms with Gasteiger partial charge in [-0.2, -0.15) is 13.2 Å². The third kappa shape index (κ3) is 3.38. The summed E-state index contributed by atoms with van der Waals surface area (Å²) >= 11 is 0. The van der Waals surface area contributed by atoms with Crippen molar-refractivity contribution in [1.29, 1.82) is 0 Å². The van der Waals surface area contributed by atoms with Crippen LogP contribution in [0.5, 0.6) is 0 Å². The van der Waals surface area contributed by atoms with Crippen molar-refractivity contribution >= 4 is 11.4 Å². The summed E-state index contributed by atoms with van der Waals surface area (Å²) in [6.45, 7) is 5.25. The van der Waals surface area contributed by atoms with E-state index in [4.69, 9.17) is 0 Å². The standard InChI is InChI=1S/C21H24F3N3/c1-13-7-16(26-10-14-5-3-4-6-19(14)21(22,23)24)8-17-18-11-25-9-15(18)12-27(2)20(13)17/h3-8,15,18,25-26H,9-12H2,1-2H3/t15-,18-/m1/s1. The van der Waals surface area contributed by atoms with Crippen molar-refractivity contribution in [1.82, 2.24) is 5.32 Å². The molecule has 2 N–H and O–H groups in total. The molecule has 0 amide bonds. The second kappa shape index (κ2) is 6.75. The Morgan fingerprint density at radius 1 is 1.19 bits per heavy atom. The van der Waals surface area contributed by atoms with E-state index in [-0.39, 0.29) is 12.1 Å². The number of fused-ring (bicyclic) bond motifs is 3. The molecule has 3 nitrogen and oxygen atoms in total. The maximum Gasteiger partial charge on any atom is 0.416 e. The summed E-state index contributed by atoms with van der Waals surface area (Å²) in [6, 6.07) is 9.91. The molecule has 1 fully saturated rings. The number of rotatable bonds is 3. The lowest BCUT2D eigenvalue weighted by Crippen LogP contribution is -2.35. The van der Waals surface area contributed by atoms with Gasteiger partial charge in [0, 0.05) is 50.5 Å². The first-order valence-electron chi connectivity index (χ1n) is 9.30. The molecular formula is C21H24F3N3. The topological polar surface area (TPSA) is 27.3 Å². The smallest absolute Gasteiger partial charge is 0.381 e. The van der Waals surface area contributed by atoms with Crippen LogP contribution in [-0.4, -0.2) is 26.7 Å². The van der Waals surface area contributed by atoms with E-state index in [2.05, 4.69) is 35.6 Å². The summed E-state index contributed by atoms with van der Waals surface area (Å²) in [5.41, 5.74) is 4.28. The molecule has 0 saturated carbocycles. The number of halogens is 3. The highest BCUT2D eigenvalue weighted by atomic mass is 19.4. The molecular weight excluding hydrogens is 351 g/mol. The van der Waals surface area contributed by atoms with E-state index in [1.54, 1.807) is 6.07 Å². The molecule has 2 aliphatic rings. The van der Waals surface area contributed by atoms with Crippen LogP contribution in [-0.2, 0) is 12.7 Å². The number of hydrogen-bond acceptors (Lipinski definition) is 3. The predicted octanol–water partition coefficient (Wildman–Crippen LogP) is 4.38.